The monoisotopic (exact) mass is 314 g/mol. The lowest BCUT2D eigenvalue weighted by Crippen LogP contribution is -1.95. The molecule has 1 nitrogen and oxygen atoms in total. The molecular weight excluding hydrogens is 306 g/mol. The molecule has 0 aliphatic carbocycles. The van der Waals surface area contributed by atoms with E-state index < -0.39 is 0 Å². The zero-order chi connectivity index (χ0) is 12.3. The number of rotatable bonds is 3. The van der Waals surface area contributed by atoms with Crippen molar-refractivity contribution in [2.24, 2.45) is 0 Å². The van der Waals surface area contributed by atoms with E-state index in [4.69, 9.17) is 16.3 Å². The highest BCUT2D eigenvalue weighted by molar-refractivity contribution is 9.10. The van der Waals surface area contributed by atoms with Crippen molar-refractivity contribution in [3.63, 3.8) is 0 Å². The van der Waals surface area contributed by atoms with Crippen LogP contribution in [-0.2, 0) is 6.61 Å². The molecule has 0 saturated carbocycles. The van der Waals surface area contributed by atoms with Crippen molar-refractivity contribution in [2.45, 2.75) is 6.61 Å². The second-order valence-corrected chi connectivity index (χ2v) is 4.88. The van der Waals surface area contributed by atoms with Crippen molar-refractivity contribution in [1.82, 2.24) is 0 Å². The molecular formula is C13H9BrClFO. The van der Waals surface area contributed by atoms with Crippen LogP contribution in [0, 0.1) is 5.82 Å². The lowest BCUT2D eigenvalue weighted by molar-refractivity contribution is 0.304. The van der Waals surface area contributed by atoms with Crippen molar-refractivity contribution in [3.05, 3.63) is 63.3 Å². The van der Waals surface area contributed by atoms with E-state index in [-0.39, 0.29) is 5.82 Å². The Morgan fingerprint density at radius 3 is 2.71 bits per heavy atom. The quantitative estimate of drug-likeness (QED) is 0.789. The summed E-state index contributed by atoms with van der Waals surface area (Å²) in [5.74, 6) is 0.150. The van der Waals surface area contributed by atoms with Crippen LogP contribution in [-0.4, -0.2) is 0 Å². The molecule has 88 valence electrons. The minimum Gasteiger partial charge on any atom is -0.489 e. The summed E-state index contributed by atoms with van der Waals surface area (Å²) in [5, 5.41) is 0.659. The molecule has 0 N–H and O–H groups in total. The smallest absolute Gasteiger partial charge is 0.128 e. The Morgan fingerprint density at radius 2 is 2.00 bits per heavy atom. The van der Waals surface area contributed by atoms with E-state index in [1.807, 2.05) is 18.2 Å². The van der Waals surface area contributed by atoms with Crippen LogP contribution in [0.2, 0.25) is 5.02 Å². The molecule has 0 atom stereocenters. The van der Waals surface area contributed by atoms with Gasteiger partial charge in [-0.25, -0.2) is 4.39 Å². The Balaban J connectivity index is 2.07. The van der Waals surface area contributed by atoms with Gasteiger partial charge in [-0.1, -0.05) is 39.7 Å². The van der Waals surface area contributed by atoms with Gasteiger partial charge in [0.25, 0.3) is 0 Å². The average Bonchev–Trinajstić information content (AvgIpc) is 2.25. The number of hydrogen-bond acceptors (Lipinski definition) is 1. The molecule has 0 aliphatic heterocycles. The fourth-order valence-electron chi connectivity index (χ4n) is 1.41. The number of benzene rings is 2. The number of halogens is 3. The highest BCUT2D eigenvalue weighted by Gasteiger charge is 2.01. The molecule has 0 fully saturated rings. The van der Waals surface area contributed by atoms with E-state index in [0.717, 1.165) is 5.56 Å². The van der Waals surface area contributed by atoms with Crippen LogP contribution < -0.4 is 4.74 Å². The Labute approximate surface area is 112 Å². The molecule has 0 amide bonds. The van der Waals surface area contributed by atoms with Gasteiger partial charge in [0.1, 0.15) is 18.2 Å². The van der Waals surface area contributed by atoms with E-state index in [1.165, 1.54) is 12.1 Å². The Hall–Kier alpha value is -1.06. The van der Waals surface area contributed by atoms with Crippen molar-refractivity contribution in [1.29, 1.82) is 0 Å². The molecule has 17 heavy (non-hydrogen) atoms. The first kappa shape index (κ1) is 12.4. The molecule has 0 aliphatic rings. The standard InChI is InChI=1S/C13H9BrClFO/c14-10-5-12(16)7-13(6-10)17-8-9-2-1-3-11(15)4-9/h1-7H,8H2. The van der Waals surface area contributed by atoms with Crippen LogP contribution in [0.4, 0.5) is 4.39 Å². The first-order valence-corrected chi connectivity index (χ1v) is 6.14. The van der Waals surface area contributed by atoms with Gasteiger partial charge >= 0.3 is 0 Å². The molecule has 2 aromatic rings. The van der Waals surface area contributed by atoms with E-state index in [9.17, 15) is 4.39 Å². The van der Waals surface area contributed by atoms with E-state index >= 15 is 0 Å². The van der Waals surface area contributed by atoms with E-state index in [0.29, 0.717) is 21.9 Å². The van der Waals surface area contributed by atoms with Crippen LogP contribution >= 0.6 is 27.5 Å². The summed E-state index contributed by atoms with van der Waals surface area (Å²) in [6.45, 7) is 0.358. The zero-order valence-electron chi connectivity index (χ0n) is 8.79. The molecule has 2 rings (SSSR count). The third-order valence-corrected chi connectivity index (χ3v) is 2.82. The summed E-state index contributed by atoms with van der Waals surface area (Å²) in [7, 11) is 0. The van der Waals surface area contributed by atoms with Crippen LogP contribution in [0.25, 0.3) is 0 Å². The fraction of sp³-hybridized carbons (Fsp3) is 0.0769. The van der Waals surface area contributed by atoms with Crippen LogP contribution in [0.3, 0.4) is 0 Å². The maximum absolute atomic E-state index is 13.1. The van der Waals surface area contributed by atoms with Gasteiger partial charge in [0.15, 0.2) is 0 Å². The molecule has 0 unspecified atom stereocenters. The van der Waals surface area contributed by atoms with Crippen LogP contribution in [0.1, 0.15) is 5.56 Å². The molecule has 0 saturated heterocycles. The summed E-state index contributed by atoms with van der Waals surface area (Å²) in [6, 6.07) is 11.8. The van der Waals surface area contributed by atoms with Crippen LogP contribution in [0.5, 0.6) is 5.75 Å². The van der Waals surface area contributed by atoms with Crippen molar-refractivity contribution < 1.29 is 9.13 Å². The molecule has 0 spiro atoms. The Bertz CT molecular complexity index is 510. The molecule has 4 heteroatoms. The molecule has 0 heterocycles. The highest BCUT2D eigenvalue weighted by Crippen LogP contribution is 2.21. The first-order valence-electron chi connectivity index (χ1n) is 4.97. The van der Waals surface area contributed by atoms with Gasteiger partial charge in [-0.3, -0.25) is 0 Å². The van der Waals surface area contributed by atoms with Crippen molar-refractivity contribution >= 4 is 27.5 Å². The molecule has 0 radical (unpaired) electrons. The van der Waals surface area contributed by atoms with Crippen LogP contribution in [0.15, 0.2) is 46.9 Å². The molecule has 0 aromatic heterocycles. The summed E-state index contributed by atoms with van der Waals surface area (Å²) < 4.78 is 19.2. The lowest BCUT2D eigenvalue weighted by Gasteiger charge is -2.07. The number of hydrogen-bond donors (Lipinski definition) is 0. The molecule has 2 aromatic carbocycles. The van der Waals surface area contributed by atoms with Crippen molar-refractivity contribution in [3.8, 4) is 5.75 Å². The summed E-state index contributed by atoms with van der Waals surface area (Å²) >= 11 is 9.06. The van der Waals surface area contributed by atoms with E-state index in [1.54, 1.807) is 12.1 Å². The Kier molecular flexibility index (Phi) is 4.02. The Morgan fingerprint density at radius 1 is 1.18 bits per heavy atom. The summed E-state index contributed by atoms with van der Waals surface area (Å²) in [6.07, 6.45) is 0. The second-order valence-electron chi connectivity index (χ2n) is 3.52. The average molecular weight is 316 g/mol. The van der Waals surface area contributed by atoms with Gasteiger partial charge in [0, 0.05) is 15.6 Å². The predicted octanol–water partition coefficient (Wildman–Crippen LogP) is 4.82. The first-order chi connectivity index (χ1) is 8.13. The maximum atomic E-state index is 13.1. The SMILES string of the molecule is Fc1cc(Br)cc(OCc2cccc(Cl)c2)c1. The van der Waals surface area contributed by atoms with Gasteiger partial charge < -0.3 is 4.74 Å². The van der Waals surface area contributed by atoms with Gasteiger partial charge in [0.05, 0.1) is 0 Å². The summed E-state index contributed by atoms with van der Waals surface area (Å²) in [4.78, 5) is 0. The third kappa shape index (κ3) is 3.72. The maximum Gasteiger partial charge on any atom is 0.128 e. The largest absolute Gasteiger partial charge is 0.489 e. The molecule has 0 bridgehead atoms. The summed E-state index contributed by atoms with van der Waals surface area (Å²) in [5.41, 5.74) is 0.942. The minimum atomic E-state index is -0.333. The van der Waals surface area contributed by atoms with Gasteiger partial charge in [-0.05, 0) is 29.8 Å². The lowest BCUT2D eigenvalue weighted by atomic mass is 10.2. The van der Waals surface area contributed by atoms with Gasteiger partial charge in [-0.15, -0.1) is 0 Å². The minimum absolute atomic E-state index is 0.333. The number of ether oxygens (including phenoxy) is 1. The van der Waals surface area contributed by atoms with E-state index in [2.05, 4.69) is 15.9 Å². The predicted molar refractivity (Wildman–Crippen MR) is 69.9 cm³/mol. The zero-order valence-corrected chi connectivity index (χ0v) is 11.1. The topological polar surface area (TPSA) is 9.23 Å². The van der Waals surface area contributed by atoms with Gasteiger partial charge in [0.2, 0.25) is 0 Å². The fourth-order valence-corrected chi connectivity index (χ4v) is 2.06. The van der Waals surface area contributed by atoms with Gasteiger partial charge in [-0.2, -0.15) is 0 Å². The normalized spacial score (nSPS) is 10.3. The third-order valence-electron chi connectivity index (χ3n) is 2.13. The van der Waals surface area contributed by atoms with Crippen molar-refractivity contribution in [2.75, 3.05) is 0 Å². The highest BCUT2D eigenvalue weighted by atomic mass is 79.9. The second kappa shape index (κ2) is 5.52.